The quantitative estimate of drug-likeness (QED) is 0.126. The van der Waals surface area contributed by atoms with Crippen LogP contribution in [0.25, 0.3) is 44.2 Å². The van der Waals surface area contributed by atoms with E-state index in [0.717, 1.165) is 34.1 Å². The van der Waals surface area contributed by atoms with Gasteiger partial charge in [-0.15, -0.1) is 0 Å². The lowest BCUT2D eigenvalue weighted by molar-refractivity contribution is 0.774. The summed E-state index contributed by atoms with van der Waals surface area (Å²) < 4.78 is 0. The Balaban J connectivity index is 1.05. The maximum absolute atomic E-state index is 3.04. The lowest BCUT2D eigenvalue weighted by Crippen LogP contribution is -2.79. The first-order valence-corrected chi connectivity index (χ1v) is 29.7. The minimum absolute atomic E-state index is 0.772. The second kappa shape index (κ2) is 19.4. The van der Waals surface area contributed by atoms with E-state index in [4.69, 9.17) is 0 Å². The van der Waals surface area contributed by atoms with Crippen LogP contribution in [0.5, 0.6) is 0 Å². The molecule has 376 valence electrons. The van der Waals surface area contributed by atoms with Gasteiger partial charge in [0.2, 0.25) is 0 Å². The van der Waals surface area contributed by atoms with Gasteiger partial charge in [0.05, 0.1) is 11.1 Å². The monoisotopic (exact) mass is 1030 g/mol. The average molecular weight is 1040 g/mol. The molecule has 1 spiro atoms. The van der Waals surface area contributed by atoms with Crippen molar-refractivity contribution in [3.05, 3.63) is 350 Å². The molecule has 3 heteroatoms. The van der Waals surface area contributed by atoms with Crippen molar-refractivity contribution < 1.29 is 0 Å². The zero-order chi connectivity index (χ0) is 53.0. The van der Waals surface area contributed by atoms with Gasteiger partial charge in [0, 0.05) is 33.8 Å². The summed E-state index contributed by atoms with van der Waals surface area (Å²) in [6.07, 6.45) is 0. The van der Waals surface area contributed by atoms with Gasteiger partial charge in [-0.1, -0.05) is 261 Å². The van der Waals surface area contributed by atoms with E-state index in [1.807, 2.05) is 0 Å². The SMILES string of the molecule is c1ccc(-c2ccc(N(c3ccccc3)c3ccc4c(c3)C3(c5ccccc5[Si](c5ccccc5)(c5ccccc5)c5ccccc53)c3cc(N(c5ccccc5)c5ccc(-c6ccccc6)cc5)c5ccccc5c3-4)cc2)cc1. The topological polar surface area (TPSA) is 6.48 Å². The Morgan fingerprint density at radius 1 is 0.250 bits per heavy atom. The fourth-order valence-corrected chi connectivity index (χ4v) is 19.0. The van der Waals surface area contributed by atoms with Gasteiger partial charge in [0.15, 0.2) is 8.07 Å². The fraction of sp³-hybridized carbons (Fsp3) is 0.0130. The van der Waals surface area contributed by atoms with E-state index < -0.39 is 13.5 Å². The summed E-state index contributed by atoms with van der Waals surface area (Å²) in [5.74, 6) is 0. The molecular weight excluding hydrogens is 981 g/mol. The van der Waals surface area contributed by atoms with Gasteiger partial charge < -0.3 is 9.80 Å². The van der Waals surface area contributed by atoms with Crippen molar-refractivity contribution in [2.75, 3.05) is 9.80 Å². The Morgan fingerprint density at radius 3 is 1.14 bits per heavy atom. The van der Waals surface area contributed by atoms with Crippen LogP contribution in [0.4, 0.5) is 34.1 Å². The van der Waals surface area contributed by atoms with Crippen molar-refractivity contribution in [3.8, 4) is 33.4 Å². The van der Waals surface area contributed by atoms with Crippen LogP contribution in [-0.4, -0.2) is 8.07 Å². The van der Waals surface area contributed by atoms with Crippen molar-refractivity contribution >= 4 is 73.7 Å². The molecule has 2 nitrogen and oxygen atoms in total. The molecule has 0 saturated heterocycles. The number of hydrogen-bond donors (Lipinski definition) is 0. The predicted molar refractivity (Wildman–Crippen MR) is 339 cm³/mol. The van der Waals surface area contributed by atoms with E-state index in [1.54, 1.807) is 0 Å². The third-order valence-electron chi connectivity index (χ3n) is 17.0. The van der Waals surface area contributed by atoms with Crippen LogP contribution in [-0.2, 0) is 5.41 Å². The van der Waals surface area contributed by atoms with Gasteiger partial charge in [-0.25, -0.2) is 0 Å². The number of hydrogen-bond acceptors (Lipinski definition) is 2. The Labute approximate surface area is 469 Å². The standard InChI is InChI=1S/C77H54N2Si/c1-7-25-55(26-8-1)57-43-47-61(48-44-57)78(59-29-11-3-12-30-59)63-51-52-68-71(53-63)77(69-39-21-23-41-74(69)80(64-33-15-5-16-34-64,65-35-17-6-18-36-65)75-42-24-22-40-70(75)77)72-54-73(66-37-19-20-38-67(66)76(68)72)79(60-31-13-4-14-32-60)62-49-45-58(46-50-62)56-27-9-2-10-28-56/h1-54H. The number of benzene rings is 13. The molecule has 13 aromatic rings. The zero-order valence-corrected chi connectivity index (χ0v) is 45.1. The normalized spacial score (nSPS) is 13.2. The molecule has 0 N–H and O–H groups in total. The lowest BCUT2D eigenvalue weighted by Gasteiger charge is -2.49. The summed E-state index contributed by atoms with van der Waals surface area (Å²) in [5, 5.41) is 7.96. The Kier molecular flexibility index (Phi) is 11.5. The largest absolute Gasteiger partial charge is 0.310 e. The Bertz CT molecular complexity index is 4290. The maximum atomic E-state index is 2.58. The Hall–Kier alpha value is -10.1. The smallest absolute Gasteiger partial charge is 0.180 e. The molecule has 2 aliphatic rings. The van der Waals surface area contributed by atoms with Crippen LogP contribution in [0.3, 0.4) is 0 Å². The summed E-state index contributed by atoms with van der Waals surface area (Å²) in [6.45, 7) is 0. The molecule has 0 bridgehead atoms. The van der Waals surface area contributed by atoms with E-state index in [-0.39, 0.29) is 0 Å². The van der Waals surface area contributed by atoms with Crippen molar-refractivity contribution in [2.24, 2.45) is 0 Å². The van der Waals surface area contributed by atoms with Gasteiger partial charge in [0.1, 0.15) is 0 Å². The molecule has 0 atom stereocenters. The molecule has 0 radical (unpaired) electrons. The number of anilines is 6. The van der Waals surface area contributed by atoms with Gasteiger partial charge in [0.25, 0.3) is 0 Å². The molecule has 13 aromatic carbocycles. The van der Waals surface area contributed by atoms with Crippen LogP contribution >= 0.6 is 0 Å². The Morgan fingerprint density at radius 2 is 0.625 bits per heavy atom. The van der Waals surface area contributed by atoms with E-state index in [2.05, 4.69) is 337 Å². The summed E-state index contributed by atoms with van der Waals surface area (Å²) in [5.41, 5.74) is 18.3. The maximum Gasteiger partial charge on any atom is 0.180 e. The fourth-order valence-electron chi connectivity index (χ4n) is 13.7. The molecule has 0 aromatic heterocycles. The molecule has 0 fully saturated rings. The average Bonchev–Trinajstić information content (AvgIpc) is 3.01. The summed E-state index contributed by atoms with van der Waals surface area (Å²) >= 11 is 0. The molecule has 15 rings (SSSR count). The molecule has 1 aliphatic heterocycles. The summed E-state index contributed by atoms with van der Waals surface area (Å²) in [7, 11) is -3.04. The van der Waals surface area contributed by atoms with E-state index in [0.29, 0.717) is 0 Å². The van der Waals surface area contributed by atoms with Crippen molar-refractivity contribution in [2.45, 2.75) is 5.41 Å². The molecule has 80 heavy (non-hydrogen) atoms. The minimum atomic E-state index is -3.04. The van der Waals surface area contributed by atoms with E-state index in [1.165, 1.54) is 87.2 Å². The molecule has 0 unspecified atom stereocenters. The lowest BCUT2D eigenvalue weighted by atomic mass is 9.67. The van der Waals surface area contributed by atoms with Gasteiger partial charge in [-0.2, -0.15) is 0 Å². The van der Waals surface area contributed by atoms with Crippen LogP contribution < -0.4 is 30.5 Å². The highest BCUT2D eigenvalue weighted by Crippen LogP contribution is 2.61. The first-order valence-electron chi connectivity index (χ1n) is 27.7. The summed E-state index contributed by atoms with van der Waals surface area (Å²) in [4.78, 5) is 4.93. The third-order valence-corrected chi connectivity index (χ3v) is 21.9. The van der Waals surface area contributed by atoms with Crippen LogP contribution in [0.1, 0.15) is 22.3 Å². The highest BCUT2D eigenvalue weighted by Gasteiger charge is 2.58. The molecular formula is C77H54N2Si. The highest BCUT2D eigenvalue weighted by molar-refractivity contribution is 7.20. The number of rotatable bonds is 10. The summed E-state index contributed by atoms with van der Waals surface area (Å²) in [6, 6.07) is 122. The molecule has 0 amide bonds. The van der Waals surface area contributed by atoms with Gasteiger partial charge in [-0.3, -0.25) is 0 Å². The van der Waals surface area contributed by atoms with Crippen molar-refractivity contribution in [1.82, 2.24) is 0 Å². The number of fused-ring (bicyclic) bond motifs is 11. The third kappa shape index (κ3) is 7.32. The number of nitrogens with zero attached hydrogens (tertiary/aromatic N) is 2. The minimum Gasteiger partial charge on any atom is -0.310 e. The van der Waals surface area contributed by atoms with Crippen LogP contribution in [0, 0.1) is 0 Å². The molecule has 0 saturated carbocycles. The van der Waals surface area contributed by atoms with Crippen LogP contribution in [0.15, 0.2) is 328 Å². The second-order valence-electron chi connectivity index (χ2n) is 21.1. The first-order chi connectivity index (χ1) is 39.7. The zero-order valence-electron chi connectivity index (χ0n) is 44.1. The van der Waals surface area contributed by atoms with Crippen molar-refractivity contribution in [3.63, 3.8) is 0 Å². The molecule has 1 heterocycles. The van der Waals surface area contributed by atoms with Gasteiger partial charge >= 0.3 is 0 Å². The van der Waals surface area contributed by atoms with Crippen LogP contribution in [0.2, 0.25) is 0 Å². The highest BCUT2D eigenvalue weighted by atomic mass is 28.3. The number of para-hydroxylation sites is 2. The second-order valence-corrected chi connectivity index (χ2v) is 24.8. The first kappa shape index (κ1) is 47.2. The predicted octanol–water partition coefficient (Wildman–Crippen LogP) is 17.2. The van der Waals surface area contributed by atoms with Gasteiger partial charge in [-0.05, 0) is 148 Å². The molecule has 1 aliphatic carbocycles. The van der Waals surface area contributed by atoms with E-state index >= 15 is 0 Å². The van der Waals surface area contributed by atoms with E-state index in [9.17, 15) is 0 Å². The van der Waals surface area contributed by atoms with Crippen molar-refractivity contribution in [1.29, 1.82) is 0 Å².